The summed E-state index contributed by atoms with van der Waals surface area (Å²) in [7, 11) is 0. The summed E-state index contributed by atoms with van der Waals surface area (Å²) in [5, 5.41) is 26.4. The maximum absolute atomic E-state index is 13.0. The number of hydrogen-bond acceptors (Lipinski definition) is 6. The van der Waals surface area contributed by atoms with Gasteiger partial charge in [0.25, 0.3) is 5.91 Å². The van der Waals surface area contributed by atoms with E-state index in [0.717, 1.165) is 37.4 Å². The van der Waals surface area contributed by atoms with Gasteiger partial charge in [-0.1, -0.05) is 6.07 Å². The van der Waals surface area contributed by atoms with Gasteiger partial charge >= 0.3 is 0 Å². The minimum absolute atomic E-state index is 0. The van der Waals surface area contributed by atoms with Crippen LogP contribution in [0.4, 0.5) is 0 Å². The normalized spacial score (nSPS) is 34.0. The number of aliphatic hydroxyl groups is 1. The molecule has 7 rings (SSSR count). The Morgan fingerprint density at radius 1 is 1.14 bits per heavy atom. The molecule has 1 saturated heterocycles. The number of amides is 1. The summed E-state index contributed by atoms with van der Waals surface area (Å²) in [5.41, 5.74) is 1.16. The third-order valence-corrected chi connectivity index (χ3v) is 9.02. The molecule has 5 aliphatic rings. The van der Waals surface area contributed by atoms with Gasteiger partial charge in [-0.3, -0.25) is 14.7 Å². The van der Waals surface area contributed by atoms with Crippen molar-refractivity contribution in [3.63, 3.8) is 0 Å². The van der Waals surface area contributed by atoms with Crippen molar-refractivity contribution in [2.75, 3.05) is 13.1 Å². The molecule has 1 aromatic carbocycles. The molecule has 0 radical (unpaired) electrons. The van der Waals surface area contributed by atoms with E-state index in [4.69, 9.17) is 4.74 Å². The number of carbonyl (C=O) groups is 1. The molecule has 3 N–H and O–H groups in total. The fraction of sp³-hybridized carbons (Fsp3) is 0.538. The Kier molecular flexibility index (Phi) is 5.99. The van der Waals surface area contributed by atoms with Gasteiger partial charge < -0.3 is 20.3 Å². The second-order valence-corrected chi connectivity index (χ2v) is 10.6. The molecule has 2 bridgehead atoms. The van der Waals surface area contributed by atoms with Gasteiger partial charge in [0.2, 0.25) is 0 Å². The highest BCUT2D eigenvalue weighted by Crippen LogP contribution is 2.65. The number of phenolic OH excluding ortho intramolecular Hbond substituents is 1. The van der Waals surface area contributed by atoms with Gasteiger partial charge in [0.05, 0.1) is 17.1 Å². The van der Waals surface area contributed by atoms with E-state index in [2.05, 4.69) is 15.2 Å². The molecule has 5 atom stereocenters. The van der Waals surface area contributed by atoms with Crippen molar-refractivity contribution in [3.8, 4) is 11.5 Å². The first-order valence-electron chi connectivity index (χ1n) is 12.2. The topological polar surface area (TPSA) is 94.9 Å². The van der Waals surface area contributed by atoms with Gasteiger partial charge in [-0.25, -0.2) is 0 Å². The van der Waals surface area contributed by atoms with Crippen molar-refractivity contribution in [2.24, 2.45) is 5.92 Å². The number of piperidine rings is 1. The molecular weight excluding hydrogens is 489 g/mol. The van der Waals surface area contributed by atoms with Gasteiger partial charge in [0.1, 0.15) is 6.10 Å². The number of rotatable bonds is 4. The van der Waals surface area contributed by atoms with E-state index < -0.39 is 17.1 Å². The van der Waals surface area contributed by atoms with Crippen LogP contribution >= 0.6 is 24.8 Å². The molecule has 0 unspecified atom stereocenters. The van der Waals surface area contributed by atoms with Crippen LogP contribution in [0.3, 0.4) is 0 Å². The average molecular weight is 520 g/mol. The number of aromatic hydroxyl groups is 1. The van der Waals surface area contributed by atoms with Gasteiger partial charge in [-0.2, -0.15) is 0 Å². The van der Waals surface area contributed by atoms with Gasteiger partial charge in [-0.15, -0.1) is 24.8 Å². The Balaban J connectivity index is 0.00000127. The molecule has 1 spiro atoms. The van der Waals surface area contributed by atoms with E-state index in [1.54, 1.807) is 30.6 Å². The van der Waals surface area contributed by atoms with Crippen molar-refractivity contribution in [2.45, 2.75) is 67.7 Å². The Labute approximate surface area is 217 Å². The summed E-state index contributed by atoms with van der Waals surface area (Å²) in [6.45, 7) is 1.96. The summed E-state index contributed by atoms with van der Waals surface area (Å²) in [6.07, 6.45) is 8.18. The van der Waals surface area contributed by atoms with Gasteiger partial charge in [0.15, 0.2) is 11.5 Å². The molecule has 7 nitrogen and oxygen atoms in total. The third-order valence-electron chi connectivity index (χ3n) is 9.02. The van der Waals surface area contributed by atoms with E-state index in [1.807, 2.05) is 6.07 Å². The highest BCUT2D eigenvalue weighted by atomic mass is 35.5. The van der Waals surface area contributed by atoms with Crippen LogP contribution in [0.5, 0.6) is 11.5 Å². The zero-order valence-electron chi connectivity index (χ0n) is 19.4. The Morgan fingerprint density at radius 3 is 2.66 bits per heavy atom. The molecule has 3 heterocycles. The van der Waals surface area contributed by atoms with Crippen LogP contribution in [0.2, 0.25) is 0 Å². The fourth-order valence-corrected chi connectivity index (χ4v) is 7.38. The third kappa shape index (κ3) is 3.31. The smallest absolute Gasteiger partial charge is 0.251 e. The monoisotopic (exact) mass is 519 g/mol. The summed E-state index contributed by atoms with van der Waals surface area (Å²) in [4.78, 5) is 19.5. The maximum atomic E-state index is 13.0. The van der Waals surface area contributed by atoms with Crippen molar-refractivity contribution in [3.05, 3.63) is 53.3 Å². The lowest BCUT2D eigenvalue weighted by atomic mass is 9.48. The lowest BCUT2D eigenvalue weighted by Crippen LogP contribution is -2.78. The second kappa shape index (κ2) is 8.51. The number of hydrogen-bond donors (Lipinski definition) is 3. The van der Waals surface area contributed by atoms with Crippen molar-refractivity contribution in [1.29, 1.82) is 0 Å². The molecule has 3 fully saturated rings. The molecule has 188 valence electrons. The molecule has 2 aromatic rings. The molecule has 1 amide bonds. The van der Waals surface area contributed by atoms with Crippen molar-refractivity contribution in [1.82, 2.24) is 15.2 Å². The van der Waals surface area contributed by atoms with E-state index >= 15 is 0 Å². The molecule has 35 heavy (non-hydrogen) atoms. The van der Waals surface area contributed by atoms with Crippen LogP contribution < -0.4 is 10.1 Å². The Hall–Kier alpha value is -2.06. The molecule has 9 heteroatoms. The Morgan fingerprint density at radius 2 is 1.91 bits per heavy atom. The largest absolute Gasteiger partial charge is 0.504 e. The first kappa shape index (κ1) is 24.6. The van der Waals surface area contributed by atoms with Crippen LogP contribution in [0, 0.1) is 5.92 Å². The summed E-state index contributed by atoms with van der Waals surface area (Å²) in [6, 6.07) is 6.92. The second-order valence-electron chi connectivity index (χ2n) is 10.6. The number of likely N-dealkylation sites (tertiary alicyclic amines) is 1. The van der Waals surface area contributed by atoms with Crippen LogP contribution in [-0.2, 0) is 11.8 Å². The molecule has 3 aliphatic carbocycles. The minimum Gasteiger partial charge on any atom is -0.504 e. The predicted octanol–water partition coefficient (Wildman–Crippen LogP) is 2.99. The Bertz CT molecular complexity index is 1150. The number of aromatic nitrogens is 1. The number of halogens is 2. The van der Waals surface area contributed by atoms with Gasteiger partial charge in [0, 0.05) is 36.1 Å². The lowest BCUT2D eigenvalue weighted by molar-refractivity contribution is -0.191. The van der Waals surface area contributed by atoms with E-state index in [9.17, 15) is 15.0 Å². The summed E-state index contributed by atoms with van der Waals surface area (Å²) >= 11 is 0. The number of benzene rings is 1. The van der Waals surface area contributed by atoms with Gasteiger partial charge in [-0.05, 0) is 74.8 Å². The predicted molar refractivity (Wildman–Crippen MR) is 135 cm³/mol. The lowest BCUT2D eigenvalue weighted by Gasteiger charge is -2.64. The van der Waals surface area contributed by atoms with Crippen molar-refractivity contribution >= 4 is 30.7 Å². The number of pyridine rings is 1. The molecule has 2 aliphatic heterocycles. The average Bonchev–Trinajstić information content (AvgIpc) is 3.56. The minimum atomic E-state index is -0.936. The van der Waals surface area contributed by atoms with Crippen LogP contribution in [-0.4, -0.2) is 62.9 Å². The van der Waals surface area contributed by atoms with Crippen molar-refractivity contribution < 1.29 is 19.7 Å². The number of ether oxygens (including phenoxy) is 1. The summed E-state index contributed by atoms with van der Waals surface area (Å²) in [5.74, 6) is 1.23. The first-order valence-corrected chi connectivity index (χ1v) is 12.2. The summed E-state index contributed by atoms with van der Waals surface area (Å²) < 4.78 is 6.50. The number of carbonyl (C=O) groups excluding carboxylic acids is 1. The highest BCUT2D eigenvalue weighted by molar-refractivity contribution is 5.94. The highest BCUT2D eigenvalue weighted by Gasteiger charge is 2.73. The quantitative estimate of drug-likeness (QED) is 0.574. The molecular formula is C26H31Cl2N3O4. The maximum Gasteiger partial charge on any atom is 0.251 e. The number of nitrogens with zero attached hydrogens (tertiary/aromatic N) is 2. The van der Waals surface area contributed by atoms with Crippen LogP contribution in [0.15, 0.2) is 36.7 Å². The SMILES string of the molecule is Cl.Cl.O=C(N[C@H]1CC[C@@]2(O)[C@H]3Cc4ccc(O)c5c4[C@@]2(CCN3CC2CC2)[C@H]1O5)c1ccncc1. The zero-order chi connectivity index (χ0) is 22.4. The standard InChI is InChI=1S/C26H29N3O4.2ClH/c30-19-4-3-17-13-20-26(32)8-5-18(28-24(31)16-6-10-27-11-7-16)23-25(26,21(17)22(19)33-23)9-12-29(20)14-15-1-2-15;;/h3-4,6-7,10-11,15,18,20,23,30,32H,1-2,5,8-9,12-14H2,(H,28,31);2*1H/t18-,20+,23-,25-,26+;;/m0../s1. The number of nitrogens with one attached hydrogen (secondary N) is 1. The van der Waals surface area contributed by atoms with E-state index in [-0.39, 0.29) is 48.6 Å². The fourth-order valence-electron chi connectivity index (χ4n) is 7.38. The van der Waals surface area contributed by atoms with Crippen LogP contribution in [0.25, 0.3) is 0 Å². The first-order chi connectivity index (χ1) is 16.0. The number of phenols is 1. The van der Waals surface area contributed by atoms with E-state index in [0.29, 0.717) is 24.2 Å². The molecule has 1 aromatic heterocycles. The van der Waals surface area contributed by atoms with Crippen LogP contribution in [0.1, 0.15) is 53.6 Å². The van der Waals surface area contributed by atoms with E-state index in [1.165, 1.54) is 18.4 Å². The zero-order valence-corrected chi connectivity index (χ0v) is 21.0. The molecule has 2 saturated carbocycles.